The van der Waals surface area contributed by atoms with Crippen LogP contribution in [0.4, 0.5) is 4.79 Å². The molecule has 2 fully saturated rings. The number of amides is 2. The molecule has 2 aliphatic rings. The van der Waals surface area contributed by atoms with Gasteiger partial charge in [0, 0.05) is 26.2 Å². The van der Waals surface area contributed by atoms with E-state index in [1.807, 2.05) is 0 Å². The Morgan fingerprint density at radius 3 is 2.55 bits per heavy atom. The highest BCUT2D eigenvalue weighted by molar-refractivity contribution is 7.91. The second-order valence-electron chi connectivity index (χ2n) is 5.57. The zero-order valence-corrected chi connectivity index (χ0v) is 12.3. The maximum Gasteiger partial charge on any atom is 0.320 e. The van der Waals surface area contributed by atoms with Crippen LogP contribution in [0.1, 0.15) is 19.3 Å². The number of carboxylic acid groups (broad SMARTS) is 1. The molecule has 2 amide bonds. The number of hydrogen-bond acceptors (Lipinski definition) is 4. The van der Waals surface area contributed by atoms with Crippen LogP contribution >= 0.6 is 0 Å². The van der Waals surface area contributed by atoms with E-state index in [-0.39, 0.29) is 30.1 Å². The number of sulfone groups is 1. The van der Waals surface area contributed by atoms with Crippen molar-refractivity contribution in [2.24, 2.45) is 5.92 Å². The summed E-state index contributed by atoms with van der Waals surface area (Å²) in [6.45, 7) is 0.740. The molecule has 2 heterocycles. The number of carbonyl (C=O) groups is 2. The molecule has 1 N–H and O–H groups in total. The van der Waals surface area contributed by atoms with Crippen LogP contribution in [-0.2, 0) is 14.6 Å². The van der Waals surface area contributed by atoms with Crippen molar-refractivity contribution < 1.29 is 23.1 Å². The summed E-state index contributed by atoms with van der Waals surface area (Å²) in [6, 6.07) is -0.559. The molecule has 20 heavy (non-hydrogen) atoms. The van der Waals surface area contributed by atoms with Gasteiger partial charge in [-0.25, -0.2) is 13.2 Å². The lowest BCUT2D eigenvalue weighted by Crippen LogP contribution is -2.50. The molecule has 2 rings (SSSR count). The van der Waals surface area contributed by atoms with Gasteiger partial charge in [-0.2, -0.15) is 0 Å². The van der Waals surface area contributed by atoms with Crippen molar-refractivity contribution in [1.82, 2.24) is 9.80 Å². The Morgan fingerprint density at radius 2 is 2.00 bits per heavy atom. The van der Waals surface area contributed by atoms with Gasteiger partial charge in [0.25, 0.3) is 0 Å². The Balaban J connectivity index is 1.98. The summed E-state index contributed by atoms with van der Waals surface area (Å²) in [5, 5.41) is 9.03. The summed E-state index contributed by atoms with van der Waals surface area (Å²) in [4.78, 5) is 26.3. The smallest absolute Gasteiger partial charge is 0.320 e. The second kappa shape index (κ2) is 5.59. The highest BCUT2D eigenvalue weighted by Gasteiger charge is 2.36. The number of carbonyl (C=O) groups excluding carboxylic acids is 1. The molecule has 0 aromatic heterocycles. The van der Waals surface area contributed by atoms with Crippen LogP contribution in [0.2, 0.25) is 0 Å². The predicted octanol–water partition coefficient (Wildman–Crippen LogP) is 0.0219. The minimum absolute atomic E-state index is 0.00540. The zero-order valence-electron chi connectivity index (χ0n) is 11.5. The number of piperidine rings is 1. The summed E-state index contributed by atoms with van der Waals surface area (Å²) in [6.07, 6.45) is 1.71. The van der Waals surface area contributed by atoms with Crippen LogP contribution in [0, 0.1) is 5.92 Å². The van der Waals surface area contributed by atoms with Crippen LogP contribution in [0.5, 0.6) is 0 Å². The fourth-order valence-electron chi connectivity index (χ4n) is 2.81. The highest BCUT2D eigenvalue weighted by Crippen LogP contribution is 2.21. The Bertz CT molecular complexity index is 504. The first-order chi connectivity index (χ1) is 9.30. The first kappa shape index (κ1) is 15.1. The van der Waals surface area contributed by atoms with Crippen molar-refractivity contribution in [2.75, 3.05) is 31.6 Å². The molecule has 8 heteroatoms. The fraction of sp³-hybridized carbons (Fsp3) is 0.833. The summed E-state index contributed by atoms with van der Waals surface area (Å²) in [5.41, 5.74) is 0. The maximum atomic E-state index is 12.3. The Hall–Kier alpha value is -1.31. The van der Waals surface area contributed by atoms with Crippen molar-refractivity contribution in [3.05, 3.63) is 0 Å². The molecule has 0 spiro atoms. The standard InChI is InChI=1S/C12H20N2O5S/c1-13(10-4-6-20(18,19)8-10)12(17)14-5-2-3-9(7-14)11(15)16/h9-10H,2-8H2,1H3,(H,15,16)/t9-,10?/m1/s1. The number of rotatable bonds is 2. The number of nitrogens with zero attached hydrogens (tertiary/aromatic N) is 2. The molecule has 0 aromatic rings. The molecule has 7 nitrogen and oxygen atoms in total. The molecular formula is C12H20N2O5S. The van der Waals surface area contributed by atoms with E-state index in [1.165, 1.54) is 9.80 Å². The summed E-state index contributed by atoms with van der Waals surface area (Å²) < 4.78 is 22.9. The molecule has 0 aliphatic carbocycles. The van der Waals surface area contributed by atoms with Crippen LogP contribution in [0.15, 0.2) is 0 Å². The molecule has 0 radical (unpaired) electrons. The SMILES string of the molecule is CN(C(=O)N1CCC[C@@H](C(=O)O)C1)C1CCS(=O)(=O)C1. The third-order valence-electron chi connectivity index (χ3n) is 4.10. The van der Waals surface area contributed by atoms with Crippen molar-refractivity contribution >= 4 is 21.8 Å². The lowest BCUT2D eigenvalue weighted by atomic mass is 9.98. The van der Waals surface area contributed by atoms with Gasteiger partial charge in [0.2, 0.25) is 0 Å². The van der Waals surface area contributed by atoms with Gasteiger partial charge in [0.15, 0.2) is 9.84 Å². The normalized spacial score (nSPS) is 29.1. The number of aliphatic carboxylic acids is 1. The Morgan fingerprint density at radius 1 is 1.30 bits per heavy atom. The summed E-state index contributed by atoms with van der Waals surface area (Å²) in [5.74, 6) is -1.28. The predicted molar refractivity (Wildman–Crippen MR) is 72.2 cm³/mol. The van der Waals surface area contributed by atoms with Crippen LogP contribution < -0.4 is 0 Å². The van der Waals surface area contributed by atoms with Gasteiger partial charge >= 0.3 is 12.0 Å². The van der Waals surface area contributed by atoms with E-state index < -0.39 is 21.7 Å². The van der Waals surface area contributed by atoms with Gasteiger partial charge < -0.3 is 14.9 Å². The second-order valence-corrected chi connectivity index (χ2v) is 7.80. The molecule has 114 valence electrons. The van der Waals surface area contributed by atoms with Crippen LogP contribution in [-0.4, -0.2) is 73.0 Å². The van der Waals surface area contributed by atoms with Crippen LogP contribution in [0.3, 0.4) is 0 Å². The molecule has 2 aliphatic heterocycles. The van der Waals surface area contributed by atoms with E-state index >= 15 is 0 Å². The van der Waals surface area contributed by atoms with Gasteiger partial charge in [0.1, 0.15) is 0 Å². The molecule has 0 aromatic carbocycles. The fourth-order valence-corrected chi connectivity index (χ4v) is 4.59. The van der Waals surface area contributed by atoms with E-state index in [2.05, 4.69) is 0 Å². The lowest BCUT2D eigenvalue weighted by Gasteiger charge is -2.35. The van der Waals surface area contributed by atoms with Crippen molar-refractivity contribution in [3.8, 4) is 0 Å². The van der Waals surface area contributed by atoms with Gasteiger partial charge in [0.05, 0.1) is 17.4 Å². The largest absolute Gasteiger partial charge is 0.481 e. The Labute approximate surface area is 118 Å². The number of hydrogen-bond donors (Lipinski definition) is 1. The van der Waals surface area contributed by atoms with Gasteiger partial charge in [-0.3, -0.25) is 4.79 Å². The molecule has 0 bridgehead atoms. The van der Waals surface area contributed by atoms with E-state index in [1.54, 1.807) is 7.05 Å². The zero-order chi connectivity index (χ0) is 14.9. The topological polar surface area (TPSA) is 95.0 Å². The third kappa shape index (κ3) is 3.23. The highest BCUT2D eigenvalue weighted by atomic mass is 32.2. The van der Waals surface area contributed by atoms with Gasteiger partial charge in [-0.15, -0.1) is 0 Å². The van der Waals surface area contributed by atoms with E-state index in [4.69, 9.17) is 5.11 Å². The Kier molecular flexibility index (Phi) is 4.22. The van der Waals surface area contributed by atoms with E-state index in [0.29, 0.717) is 25.8 Å². The van der Waals surface area contributed by atoms with E-state index in [9.17, 15) is 18.0 Å². The molecular weight excluding hydrogens is 284 g/mol. The average molecular weight is 304 g/mol. The number of carboxylic acids is 1. The van der Waals surface area contributed by atoms with Crippen LogP contribution in [0.25, 0.3) is 0 Å². The number of urea groups is 1. The van der Waals surface area contributed by atoms with Crippen molar-refractivity contribution in [2.45, 2.75) is 25.3 Å². The van der Waals surface area contributed by atoms with E-state index in [0.717, 1.165) is 0 Å². The van der Waals surface area contributed by atoms with Gasteiger partial charge in [-0.1, -0.05) is 0 Å². The lowest BCUT2D eigenvalue weighted by molar-refractivity contribution is -0.143. The third-order valence-corrected chi connectivity index (χ3v) is 5.85. The monoisotopic (exact) mass is 304 g/mol. The minimum Gasteiger partial charge on any atom is -0.481 e. The minimum atomic E-state index is -3.04. The molecule has 0 saturated carbocycles. The summed E-state index contributed by atoms with van der Waals surface area (Å²) in [7, 11) is -1.44. The first-order valence-electron chi connectivity index (χ1n) is 6.75. The van der Waals surface area contributed by atoms with Crippen molar-refractivity contribution in [1.29, 1.82) is 0 Å². The van der Waals surface area contributed by atoms with Gasteiger partial charge in [-0.05, 0) is 19.3 Å². The molecule has 2 saturated heterocycles. The quantitative estimate of drug-likeness (QED) is 0.776. The maximum absolute atomic E-state index is 12.3. The average Bonchev–Trinajstić information content (AvgIpc) is 2.77. The van der Waals surface area contributed by atoms with Crippen molar-refractivity contribution in [3.63, 3.8) is 0 Å². The first-order valence-corrected chi connectivity index (χ1v) is 8.57. The molecule has 2 atom stereocenters. The number of likely N-dealkylation sites (tertiary alicyclic amines) is 1. The molecule has 1 unspecified atom stereocenters. The summed E-state index contributed by atoms with van der Waals surface area (Å²) >= 11 is 0.